The molecule has 0 aliphatic carbocycles. The van der Waals surface area contributed by atoms with Crippen LogP contribution in [0.3, 0.4) is 0 Å². The van der Waals surface area contributed by atoms with Crippen LogP contribution in [0.1, 0.15) is 71.0 Å². The molecule has 0 atom stereocenters. The van der Waals surface area contributed by atoms with Gasteiger partial charge in [0.2, 0.25) is 0 Å². The van der Waals surface area contributed by atoms with Crippen molar-refractivity contribution >= 4 is 0 Å². The molecule has 0 bridgehead atoms. The van der Waals surface area contributed by atoms with E-state index in [1.807, 2.05) is 6.20 Å². The summed E-state index contributed by atoms with van der Waals surface area (Å²) in [6, 6.07) is 10.6. The zero-order valence-corrected chi connectivity index (χ0v) is 14.9. The predicted octanol–water partition coefficient (Wildman–Crippen LogP) is 5.61. The number of imidazole rings is 1. The number of aromatic nitrogens is 2. The first-order valence-electron chi connectivity index (χ1n) is 9.40. The number of aromatic amines is 1. The number of para-hydroxylation sites is 1. The lowest BCUT2D eigenvalue weighted by atomic mass is 10.0. The molecule has 0 saturated carbocycles. The minimum absolute atomic E-state index is 0.868. The van der Waals surface area contributed by atoms with Gasteiger partial charge in [-0.1, -0.05) is 77.0 Å². The molecule has 2 rings (SSSR count). The van der Waals surface area contributed by atoms with Crippen molar-refractivity contribution in [3.05, 3.63) is 48.5 Å². The Labute approximate surface area is 142 Å². The number of benzene rings is 1. The smallest absolute Gasteiger partial charge is 0.247 e. The fraction of sp³-hybridized carbons (Fsp3) is 0.571. The Bertz CT molecular complexity index is 528. The van der Waals surface area contributed by atoms with E-state index in [-0.39, 0.29) is 0 Å². The highest BCUT2D eigenvalue weighted by atomic mass is 15.1. The van der Waals surface area contributed by atoms with Crippen LogP contribution in [0.4, 0.5) is 0 Å². The molecule has 2 heteroatoms. The molecular formula is C21H33N2+. The van der Waals surface area contributed by atoms with Gasteiger partial charge >= 0.3 is 0 Å². The Morgan fingerprint density at radius 1 is 0.870 bits per heavy atom. The number of rotatable bonds is 11. The second kappa shape index (κ2) is 10.3. The molecule has 0 aliphatic rings. The molecule has 1 aromatic carbocycles. The first-order chi connectivity index (χ1) is 11.3. The third kappa shape index (κ3) is 6.60. The maximum atomic E-state index is 3.40. The predicted molar refractivity (Wildman–Crippen MR) is 97.8 cm³/mol. The highest BCUT2D eigenvalue weighted by Crippen LogP contribution is 2.12. The van der Waals surface area contributed by atoms with E-state index < -0.39 is 0 Å². The first kappa shape index (κ1) is 17.8. The summed E-state index contributed by atoms with van der Waals surface area (Å²) < 4.78 is 2.27. The second-order valence-corrected chi connectivity index (χ2v) is 7.02. The van der Waals surface area contributed by atoms with Crippen LogP contribution in [0.25, 0.3) is 5.69 Å². The zero-order chi connectivity index (χ0) is 16.3. The van der Waals surface area contributed by atoms with Crippen LogP contribution >= 0.6 is 0 Å². The van der Waals surface area contributed by atoms with Gasteiger partial charge in [0.15, 0.2) is 0 Å². The van der Waals surface area contributed by atoms with Crippen molar-refractivity contribution in [1.29, 1.82) is 0 Å². The van der Waals surface area contributed by atoms with E-state index in [4.69, 9.17) is 0 Å². The Morgan fingerprint density at radius 2 is 1.52 bits per heavy atom. The molecule has 2 nitrogen and oxygen atoms in total. The van der Waals surface area contributed by atoms with Crippen molar-refractivity contribution in [1.82, 2.24) is 4.98 Å². The van der Waals surface area contributed by atoms with Crippen LogP contribution in [-0.4, -0.2) is 4.98 Å². The third-order valence-electron chi connectivity index (χ3n) is 4.49. The normalized spacial score (nSPS) is 11.3. The molecule has 0 aliphatic heterocycles. The summed E-state index contributed by atoms with van der Waals surface area (Å²) >= 11 is 0. The average molecular weight is 314 g/mol. The number of nitrogens with zero attached hydrogens (tertiary/aromatic N) is 1. The summed E-state index contributed by atoms with van der Waals surface area (Å²) in [5.74, 6) is 2.18. The van der Waals surface area contributed by atoms with Gasteiger partial charge in [0, 0.05) is 6.42 Å². The Balaban J connectivity index is 1.60. The van der Waals surface area contributed by atoms with Gasteiger partial charge in [-0.25, -0.2) is 4.98 Å². The van der Waals surface area contributed by atoms with Crippen LogP contribution in [0.15, 0.2) is 42.7 Å². The van der Waals surface area contributed by atoms with Crippen molar-refractivity contribution in [3.63, 3.8) is 0 Å². The largest absolute Gasteiger partial charge is 0.259 e. The molecule has 1 N–H and O–H groups in total. The summed E-state index contributed by atoms with van der Waals surface area (Å²) in [4.78, 5) is 3.40. The quantitative estimate of drug-likeness (QED) is 0.411. The molecule has 0 amide bonds. The van der Waals surface area contributed by atoms with Crippen LogP contribution in [-0.2, 0) is 6.42 Å². The molecule has 2 aromatic rings. The van der Waals surface area contributed by atoms with Gasteiger partial charge in [0.25, 0.3) is 5.82 Å². The molecule has 1 aromatic heterocycles. The van der Waals surface area contributed by atoms with Gasteiger partial charge in [-0.2, -0.15) is 4.57 Å². The van der Waals surface area contributed by atoms with Crippen molar-refractivity contribution in [2.24, 2.45) is 5.92 Å². The van der Waals surface area contributed by atoms with Gasteiger partial charge in [0.1, 0.15) is 18.1 Å². The molecule has 0 radical (unpaired) electrons. The summed E-state index contributed by atoms with van der Waals surface area (Å²) in [5, 5.41) is 0. The molecule has 23 heavy (non-hydrogen) atoms. The van der Waals surface area contributed by atoms with E-state index in [1.54, 1.807) is 0 Å². The number of aryl methyl sites for hydroxylation is 1. The van der Waals surface area contributed by atoms with E-state index >= 15 is 0 Å². The number of H-pyrrole nitrogens is 1. The Hall–Kier alpha value is -1.57. The monoisotopic (exact) mass is 313 g/mol. The lowest BCUT2D eigenvalue weighted by Gasteiger charge is -2.04. The molecule has 0 saturated heterocycles. The number of nitrogens with one attached hydrogen (secondary N) is 1. The minimum atomic E-state index is 0.868. The molecule has 1 heterocycles. The lowest BCUT2D eigenvalue weighted by molar-refractivity contribution is -0.603. The van der Waals surface area contributed by atoms with E-state index in [1.165, 1.54) is 62.9 Å². The summed E-state index contributed by atoms with van der Waals surface area (Å²) in [7, 11) is 0. The van der Waals surface area contributed by atoms with Gasteiger partial charge in [-0.15, -0.1) is 0 Å². The first-order valence-corrected chi connectivity index (χ1v) is 9.40. The molecule has 0 fully saturated rings. The van der Waals surface area contributed by atoms with Gasteiger partial charge in [-0.3, -0.25) is 0 Å². The van der Waals surface area contributed by atoms with Crippen LogP contribution < -0.4 is 4.57 Å². The Morgan fingerprint density at radius 3 is 2.22 bits per heavy atom. The van der Waals surface area contributed by atoms with Crippen LogP contribution in [0, 0.1) is 5.92 Å². The van der Waals surface area contributed by atoms with Gasteiger partial charge in [-0.05, 0) is 24.5 Å². The van der Waals surface area contributed by atoms with Gasteiger partial charge in [0.05, 0.1) is 0 Å². The molecule has 126 valence electrons. The van der Waals surface area contributed by atoms with Crippen LogP contribution in [0.2, 0.25) is 0 Å². The number of hydrogen-bond donors (Lipinski definition) is 1. The maximum absolute atomic E-state index is 3.40. The lowest BCUT2D eigenvalue weighted by Crippen LogP contribution is -2.32. The fourth-order valence-electron chi connectivity index (χ4n) is 3.12. The van der Waals surface area contributed by atoms with Crippen molar-refractivity contribution in [2.75, 3.05) is 0 Å². The number of hydrogen-bond acceptors (Lipinski definition) is 0. The van der Waals surface area contributed by atoms with Crippen LogP contribution in [0.5, 0.6) is 0 Å². The minimum Gasteiger partial charge on any atom is -0.247 e. The van der Waals surface area contributed by atoms with Crippen molar-refractivity contribution in [2.45, 2.75) is 71.6 Å². The average Bonchev–Trinajstić information content (AvgIpc) is 3.02. The van der Waals surface area contributed by atoms with Crippen molar-refractivity contribution in [3.8, 4) is 5.69 Å². The van der Waals surface area contributed by atoms with E-state index in [9.17, 15) is 0 Å². The highest BCUT2D eigenvalue weighted by Gasteiger charge is 2.11. The highest BCUT2D eigenvalue weighted by molar-refractivity contribution is 5.21. The van der Waals surface area contributed by atoms with E-state index in [0.29, 0.717) is 0 Å². The number of unbranched alkanes of at least 4 members (excludes halogenated alkanes) is 6. The fourth-order valence-corrected chi connectivity index (χ4v) is 3.12. The Kier molecular flexibility index (Phi) is 7.92. The van der Waals surface area contributed by atoms with Gasteiger partial charge < -0.3 is 0 Å². The topological polar surface area (TPSA) is 19.7 Å². The molecule has 0 spiro atoms. The second-order valence-electron chi connectivity index (χ2n) is 7.02. The summed E-state index contributed by atoms with van der Waals surface area (Å²) in [6.07, 6.45) is 16.4. The van der Waals surface area contributed by atoms with E-state index in [2.05, 4.69) is 59.9 Å². The van der Waals surface area contributed by atoms with E-state index in [0.717, 1.165) is 12.3 Å². The zero-order valence-electron chi connectivity index (χ0n) is 14.9. The standard InChI is InChI=1S/C21H32N2/c1-19(2)13-9-6-4-3-5-7-12-16-21-22-17-18-23(21)20-14-10-8-11-15-20/h8,10-11,14-15,17-19H,3-7,9,12-13,16H2,1-2H3/p+1. The SMILES string of the molecule is CC(C)CCCCCCCCCc1[nH]cc[n+]1-c1ccccc1. The third-order valence-corrected chi connectivity index (χ3v) is 4.49. The summed E-state index contributed by atoms with van der Waals surface area (Å²) in [5.41, 5.74) is 1.24. The summed E-state index contributed by atoms with van der Waals surface area (Å²) in [6.45, 7) is 4.64. The maximum Gasteiger partial charge on any atom is 0.259 e. The van der Waals surface area contributed by atoms with Crippen molar-refractivity contribution < 1.29 is 4.57 Å². The molecule has 0 unspecified atom stereocenters. The molecular weight excluding hydrogens is 280 g/mol.